The third kappa shape index (κ3) is 13.7. The molecule has 0 fully saturated rings. The Bertz CT molecular complexity index is 4210. The van der Waals surface area contributed by atoms with Crippen molar-refractivity contribution in [3.05, 3.63) is 151 Å². The normalized spacial score (nSPS) is 11.9. The molecule has 8 rings (SSSR count). The number of nitrogens with one attached hydrogen (secondary N) is 3. The third-order valence-electron chi connectivity index (χ3n) is 10.3. The molecule has 75 heavy (non-hydrogen) atoms. The van der Waals surface area contributed by atoms with Crippen molar-refractivity contribution in [3.8, 4) is 17.2 Å². The van der Waals surface area contributed by atoms with Gasteiger partial charge in [0.1, 0.15) is 22.1 Å². The first-order chi connectivity index (χ1) is 34.7. The van der Waals surface area contributed by atoms with Crippen molar-refractivity contribution in [2.45, 2.75) is 31.4 Å². The van der Waals surface area contributed by atoms with Crippen LogP contribution in [-0.4, -0.2) is 97.9 Å². The molecular formula is C46H37N3O21S5. The summed E-state index contributed by atoms with van der Waals surface area (Å²) in [5.74, 6) is -3.10. The lowest BCUT2D eigenvalue weighted by Crippen LogP contribution is -2.13. The van der Waals surface area contributed by atoms with Gasteiger partial charge < -0.3 is 31.3 Å². The summed E-state index contributed by atoms with van der Waals surface area (Å²) in [5, 5.41) is 37.7. The van der Waals surface area contributed by atoms with Gasteiger partial charge in [-0.3, -0.25) is 37.1 Å². The number of hydrogen-bond acceptors (Lipinski definition) is 16. The van der Waals surface area contributed by atoms with E-state index in [2.05, 4.69) is 16.0 Å². The van der Waals surface area contributed by atoms with E-state index in [0.717, 1.165) is 48.5 Å². The third-order valence-corrected chi connectivity index (χ3v) is 14.5. The lowest BCUT2D eigenvalue weighted by molar-refractivity contribution is -0.114. The van der Waals surface area contributed by atoms with Crippen molar-refractivity contribution in [1.29, 1.82) is 0 Å². The molecule has 0 aliphatic carbocycles. The van der Waals surface area contributed by atoms with E-state index in [1.54, 1.807) is 42.5 Å². The summed E-state index contributed by atoms with van der Waals surface area (Å²) in [5.41, 5.74) is 0.786. The van der Waals surface area contributed by atoms with E-state index >= 15 is 0 Å². The standard InChI is InChI=1S/2C17H13NO8S2.C12H11NO5S/c19-15-9-13(28(24,25)26)7-11-6-12(27(21,22)23)8-14(16(11)15)18-17(20)10-4-2-1-3-5-10;19-14-9-11(27(21,22)23)8-12-15(28(24,25)26)7-6-13(16(12)14)18-17(20)10-4-2-1-3-5-10;1-7(14)13-9-3-2-8-4-10(19(16,17)18)6-12(15)11(8)5-9/h2*1-9,19H,(H,18,20)(H,21,22,23)(H,24,25,26);2-6,15H,1H3,(H,13,14)(H,16,17,18). The Morgan fingerprint density at radius 3 is 1.28 bits per heavy atom. The zero-order valence-electron chi connectivity index (χ0n) is 37.7. The molecule has 0 aromatic heterocycles. The summed E-state index contributed by atoms with van der Waals surface area (Å²) in [4.78, 5) is 32.5. The van der Waals surface area contributed by atoms with E-state index in [1.807, 2.05) is 0 Å². The number of fused-ring (bicyclic) bond motifs is 3. The second-order valence-electron chi connectivity index (χ2n) is 15.6. The second-order valence-corrected chi connectivity index (χ2v) is 22.6. The van der Waals surface area contributed by atoms with Gasteiger partial charge in [0.05, 0.1) is 31.0 Å². The first kappa shape index (κ1) is 56.2. The lowest BCUT2D eigenvalue weighted by Gasteiger charge is -2.13. The van der Waals surface area contributed by atoms with E-state index in [4.69, 9.17) is 4.55 Å². The summed E-state index contributed by atoms with van der Waals surface area (Å²) >= 11 is 0. The molecule has 0 aliphatic heterocycles. The van der Waals surface area contributed by atoms with Gasteiger partial charge in [0.25, 0.3) is 62.4 Å². The Morgan fingerprint density at radius 1 is 0.387 bits per heavy atom. The minimum atomic E-state index is -4.81. The second kappa shape index (κ2) is 21.4. The van der Waals surface area contributed by atoms with Crippen LogP contribution in [0.1, 0.15) is 27.6 Å². The van der Waals surface area contributed by atoms with Crippen LogP contribution in [0.15, 0.2) is 164 Å². The van der Waals surface area contributed by atoms with Crippen LogP contribution in [0.25, 0.3) is 32.3 Å². The van der Waals surface area contributed by atoms with E-state index in [0.29, 0.717) is 22.5 Å². The maximum atomic E-state index is 12.4. The van der Waals surface area contributed by atoms with Crippen molar-refractivity contribution in [2.24, 2.45) is 0 Å². The van der Waals surface area contributed by atoms with Crippen molar-refractivity contribution in [3.63, 3.8) is 0 Å². The van der Waals surface area contributed by atoms with Crippen LogP contribution >= 0.6 is 0 Å². The molecule has 0 radical (unpaired) electrons. The fourth-order valence-corrected chi connectivity index (χ4v) is 9.85. The Morgan fingerprint density at radius 2 is 0.813 bits per heavy atom. The number of carbonyl (C=O) groups excluding carboxylic acids is 3. The number of hydrogen-bond donors (Lipinski definition) is 11. The van der Waals surface area contributed by atoms with Crippen LogP contribution in [-0.2, 0) is 55.4 Å². The minimum Gasteiger partial charge on any atom is -0.507 e. The van der Waals surface area contributed by atoms with Crippen LogP contribution in [0.5, 0.6) is 17.2 Å². The molecule has 0 atom stereocenters. The van der Waals surface area contributed by atoms with Gasteiger partial charge in [-0.1, -0.05) is 42.5 Å². The Hall–Kier alpha value is -8.10. The molecule has 0 spiro atoms. The highest BCUT2D eigenvalue weighted by molar-refractivity contribution is 7.87. The summed E-state index contributed by atoms with van der Waals surface area (Å²) in [6.45, 7) is 1.35. The van der Waals surface area contributed by atoms with E-state index in [1.165, 1.54) is 49.4 Å². The Balaban J connectivity index is 0.000000187. The maximum Gasteiger partial charge on any atom is 0.295 e. The average Bonchev–Trinajstić information content (AvgIpc) is 3.30. The van der Waals surface area contributed by atoms with Crippen LogP contribution in [0.4, 0.5) is 17.1 Å². The number of carbonyl (C=O) groups is 3. The molecule has 392 valence electrons. The SMILES string of the molecule is CC(=O)Nc1ccc2cc(S(=O)(=O)O)cc(O)c2c1.O=C(Nc1cc(S(=O)(=O)O)cc2cc(S(=O)(=O)O)cc(O)c12)c1ccccc1.O=C(Nc1ccc(S(=O)(=O)O)c2cc(S(=O)(=O)O)cc(O)c12)c1ccccc1. The fraction of sp³-hybridized carbons (Fsp3) is 0.0217. The predicted molar refractivity (Wildman–Crippen MR) is 269 cm³/mol. The van der Waals surface area contributed by atoms with Gasteiger partial charge in [-0.2, -0.15) is 42.1 Å². The molecular weight excluding hydrogens is 1090 g/mol. The molecule has 0 unspecified atom stereocenters. The van der Waals surface area contributed by atoms with Crippen molar-refractivity contribution < 1.29 is 94.6 Å². The number of benzene rings is 8. The van der Waals surface area contributed by atoms with Gasteiger partial charge in [-0.05, 0) is 89.6 Å². The molecule has 8 aromatic rings. The number of anilines is 3. The first-order valence-corrected chi connectivity index (χ1v) is 27.7. The highest BCUT2D eigenvalue weighted by Gasteiger charge is 2.24. The maximum absolute atomic E-state index is 12.4. The quantitative estimate of drug-likeness (QED) is 0.0666. The Kier molecular flexibility index (Phi) is 16.0. The zero-order valence-corrected chi connectivity index (χ0v) is 41.8. The van der Waals surface area contributed by atoms with Crippen molar-refractivity contribution in [1.82, 2.24) is 0 Å². The molecule has 11 N–H and O–H groups in total. The van der Waals surface area contributed by atoms with Crippen molar-refractivity contribution >= 4 is 118 Å². The van der Waals surface area contributed by atoms with E-state index in [9.17, 15) is 90.0 Å². The van der Waals surface area contributed by atoms with Gasteiger partial charge in [0.2, 0.25) is 5.91 Å². The number of aromatic hydroxyl groups is 3. The van der Waals surface area contributed by atoms with Gasteiger partial charge in [-0.25, -0.2) is 0 Å². The highest BCUT2D eigenvalue weighted by atomic mass is 32.2. The molecule has 0 saturated heterocycles. The monoisotopic (exact) mass is 1130 g/mol. The smallest absolute Gasteiger partial charge is 0.295 e. The highest BCUT2D eigenvalue weighted by Crippen LogP contribution is 2.39. The van der Waals surface area contributed by atoms with Gasteiger partial charge in [-0.15, -0.1) is 0 Å². The van der Waals surface area contributed by atoms with Gasteiger partial charge in [0, 0.05) is 63.5 Å². The van der Waals surface area contributed by atoms with Crippen LogP contribution < -0.4 is 16.0 Å². The van der Waals surface area contributed by atoms with Gasteiger partial charge >= 0.3 is 0 Å². The van der Waals surface area contributed by atoms with Crippen LogP contribution in [0.2, 0.25) is 0 Å². The molecule has 8 aromatic carbocycles. The molecule has 0 bridgehead atoms. The predicted octanol–water partition coefficient (Wildman–Crippen LogP) is 6.33. The molecule has 3 amide bonds. The Labute approximate surface area is 425 Å². The molecule has 0 heterocycles. The van der Waals surface area contributed by atoms with Crippen LogP contribution in [0.3, 0.4) is 0 Å². The molecule has 0 saturated carbocycles. The molecule has 0 aliphatic rings. The number of amides is 3. The average molecular weight is 1130 g/mol. The number of phenolic OH excluding ortho intramolecular Hbond substituents is 3. The first-order valence-electron chi connectivity index (χ1n) is 20.5. The van der Waals surface area contributed by atoms with Crippen molar-refractivity contribution in [2.75, 3.05) is 16.0 Å². The van der Waals surface area contributed by atoms with Gasteiger partial charge in [0.15, 0.2) is 0 Å². The summed E-state index contributed by atoms with van der Waals surface area (Å²) in [6.07, 6.45) is 0. The minimum absolute atomic E-state index is 0.0318. The summed E-state index contributed by atoms with van der Waals surface area (Å²) in [6, 6.07) is 29.8. The fourth-order valence-electron chi connectivity index (χ4n) is 7.03. The molecule has 24 nitrogen and oxygen atoms in total. The van der Waals surface area contributed by atoms with E-state index < -0.39 is 98.9 Å². The summed E-state index contributed by atoms with van der Waals surface area (Å²) in [7, 11) is -23.4. The number of rotatable bonds is 10. The topological polar surface area (TPSA) is 420 Å². The zero-order chi connectivity index (χ0) is 55.6. The number of phenols is 3. The molecule has 29 heteroatoms. The van der Waals surface area contributed by atoms with E-state index in [-0.39, 0.29) is 55.2 Å². The lowest BCUT2D eigenvalue weighted by atomic mass is 10.1. The largest absolute Gasteiger partial charge is 0.507 e. The van der Waals surface area contributed by atoms with Crippen LogP contribution in [0, 0.1) is 0 Å². The summed E-state index contributed by atoms with van der Waals surface area (Å²) < 4.78 is 160.